The van der Waals surface area contributed by atoms with Gasteiger partial charge in [0, 0.05) is 30.2 Å². The summed E-state index contributed by atoms with van der Waals surface area (Å²) in [5, 5.41) is 2.91. The number of ether oxygens (including phenoxy) is 1. The first-order valence-electron chi connectivity index (χ1n) is 11.4. The summed E-state index contributed by atoms with van der Waals surface area (Å²) in [7, 11) is -2.74. The third-order valence-electron chi connectivity index (χ3n) is 5.91. The molecule has 1 aliphatic rings. The number of anilines is 3. The zero-order valence-corrected chi connectivity index (χ0v) is 23.1. The standard InChI is InChI=1S/C25H26BrN3O5S2/c1-16-21(24(30)27-19-7-6-8-20(15-19)29-13-4-3-5-14-29)35-23(26)22(16)36(32,33)28-18-11-9-17(10-12-18)25(31)34-2/h6-12,15,28H,3-5,13-14H2,1-2H3,(H,27,30). The lowest BCUT2D eigenvalue weighted by Crippen LogP contribution is -2.29. The predicted octanol–water partition coefficient (Wildman–Crippen LogP) is 5.65. The third-order valence-corrected chi connectivity index (χ3v) is 9.81. The van der Waals surface area contributed by atoms with E-state index in [1.807, 2.05) is 24.3 Å². The van der Waals surface area contributed by atoms with Gasteiger partial charge in [0.2, 0.25) is 0 Å². The van der Waals surface area contributed by atoms with Gasteiger partial charge in [0.1, 0.15) is 4.90 Å². The smallest absolute Gasteiger partial charge is 0.337 e. The summed E-state index contributed by atoms with van der Waals surface area (Å²) < 4.78 is 33.8. The van der Waals surface area contributed by atoms with Crippen molar-refractivity contribution in [2.75, 3.05) is 35.1 Å². The molecule has 36 heavy (non-hydrogen) atoms. The van der Waals surface area contributed by atoms with E-state index < -0.39 is 16.0 Å². The van der Waals surface area contributed by atoms with Gasteiger partial charge in [-0.3, -0.25) is 9.52 Å². The molecular weight excluding hydrogens is 566 g/mol. The molecule has 4 rings (SSSR count). The number of nitrogens with one attached hydrogen (secondary N) is 2. The van der Waals surface area contributed by atoms with E-state index in [1.54, 1.807) is 6.92 Å². The summed E-state index contributed by atoms with van der Waals surface area (Å²) in [6.45, 7) is 3.59. The Morgan fingerprint density at radius 1 is 1.03 bits per heavy atom. The maximum Gasteiger partial charge on any atom is 0.337 e. The van der Waals surface area contributed by atoms with Gasteiger partial charge in [0.15, 0.2) is 0 Å². The number of esters is 1. The van der Waals surface area contributed by atoms with Crippen molar-refractivity contribution in [1.29, 1.82) is 0 Å². The van der Waals surface area contributed by atoms with E-state index in [0.717, 1.165) is 43.0 Å². The first-order chi connectivity index (χ1) is 17.2. The van der Waals surface area contributed by atoms with E-state index >= 15 is 0 Å². The van der Waals surface area contributed by atoms with Crippen LogP contribution in [0, 0.1) is 6.92 Å². The summed E-state index contributed by atoms with van der Waals surface area (Å²) >= 11 is 4.39. The molecule has 2 N–H and O–H groups in total. The van der Waals surface area contributed by atoms with Crippen molar-refractivity contribution in [3.8, 4) is 0 Å². The van der Waals surface area contributed by atoms with Gasteiger partial charge in [-0.25, -0.2) is 13.2 Å². The predicted molar refractivity (Wildman–Crippen MR) is 146 cm³/mol. The molecule has 0 aliphatic carbocycles. The fourth-order valence-corrected chi connectivity index (χ4v) is 8.14. The van der Waals surface area contributed by atoms with Crippen LogP contribution in [-0.2, 0) is 14.8 Å². The quantitative estimate of drug-likeness (QED) is 0.344. The van der Waals surface area contributed by atoms with Crippen molar-refractivity contribution in [2.45, 2.75) is 31.1 Å². The molecule has 1 amide bonds. The van der Waals surface area contributed by atoms with E-state index in [-0.39, 0.29) is 16.5 Å². The molecule has 0 atom stereocenters. The number of nitrogens with zero attached hydrogens (tertiary/aromatic N) is 1. The highest BCUT2D eigenvalue weighted by Crippen LogP contribution is 2.37. The number of carbonyl (C=O) groups excluding carboxylic acids is 2. The number of piperidine rings is 1. The van der Waals surface area contributed by atoms with E-state index in [4.69, 9.17) is 0 Å². The maximum atomic E-state index is 13.2. The van der Waals surface area contributed by atoms with E-state index in [2.05, 4.69) is 35.6 Å². The van der Waals surface area contributed by atoms with Gasteiger partial charge in [-0.1, -0.05) is 6.07 Å². The molecule has 0 bridgehead atoms. The van der Waals surface area contributed by atoms with Crippen molar-refractivity contribution in [3.05, 3.63) is 68.3 Å². The van der Waals surface area contributed by atoms with Crippen LogP contribution in [0.5, 0.6) is 0 Å². The van der Waals surface area contributed by atoms with Crippen LogP contribution in [0.25, 0.3) is 0 Å². The topological polar surface area (TPSA) is 105 Å². The number of halogens is 1. The summed E-state index contributed by atoms with van der Waals surface area (Å²) in [6, 6.07) is 13.6. The van der Waals surface area contributed by atoms with Crippen LogP contribution < -0.4 is 14.9 Å². The summed E-state index contributed by atoms with van der Waals surface area (Å²) in [5.74, 6) is -0.893. The summed E-state index contributed by atoms with van der Waals surface area (Å²) in [6.07, 6.45) is 3.54. The van der Waals surface area contributed by atoms with Gasteiger partial charge in [0.25, 0.3) is 15.9 Å². The van der Waals surface area contributed by atoms with Crippen LogP contribution in [-0.4, -0.2) is 40.5 Å². The Balaban J connectivity index is 1.52. The van der Waals surface area contributed by atoms with Crippen molar-refractivity contribution in [3.63, 3.8) is 0 Å². The number of methoxy groups -OCH3 is 1. The molecular formula is C25H26BrN3O5S2. The molecule has 3 aromatic rings. The maximum absolute atomic E-state index is 13.2. The number of thiophene rings is 1. The normalized spacial score (nSPS) is 13.8. The molecule has 190 valence electrons. The number of benzene rings is 2. The Hall–Kier alpha value is -2.89. The molecule has 0 spiro atoms. The average molecular weight is 593 g/mol. The molecule has 0 radical (unpaired) electrons. The van der Waals surface area contributed by atoms with Gasteiger partial charge in [-0.2, -0.15) is 0 Å². The van der Waals surface area contributed by atoms with Crippen LogP contribution >= 0.6 is 27.3 Å². The molecule has 0 saturated carbocycles. The molecule has 2 aromatic carbocycles. The number of rotatable bonds is 7. The summed E-state index contributed by atoms with van der Waals surface area (Å²) in [5.41, 5.74) is 2.63. The summed E-state index contributed by atoms with van der Waals surface area (Å²) in [4.78, 5) is 27.3. The number of hydrogen-bond donors (Lipinski definition) is 2. The van der Waals surface area contributed by atoms with Gasteiger partial charge >= 0.3 is 5.97 Å². The van der Waals surface area contributed by atoms with Crippen LogP contribution in [0.4, 0.5) is 17.1 Å². The zero-order valence-electron chi connectivity index (χ0n) is 19.8. The van der Waals surface area contributed by atoms with Crippen LogP contribution in [0.2, 0.25) is 0 Å². The Bertz CT molecular complexity index is 1380. The fraction of sp³-hybridized carbons (Fsp3) is 0.280. The molecule has 1 aromatic heterocycles. The van der Waals surface area contributed by atoms with Crippen LogP contribution in [0.3, 0.4) is 0 Å². The van der Waals surface area contributed by atoms with Crippen molar-refractivity contribution >= 4 is 66.2 Å². The number of hydrogen-bond acceptors (Lipinski definition) is 7. The second kappa shape index (κ2) is 11.0. The lowest BCUT2D eigenvalue weighted by molar-refractivity contribution is 0.0600. The number of carbonyl (C=O) groups is 2. The molecule has 1 fully saturated rings. The Morgan fingerprint density at radius 2 is 1.72 bits per heavy atom. The largest absolute Gasteiger partial charge is 0.465 e. The number of sulfonamides is 1. The van der Waals surface area contributed by atoms with Gasteiger partial charge < -0.3 is 15.0 Å². The number of amides is 1. The molecule has 1 saturated heterocycles. The van der Waals surface area contributed by atoms with Crippen LogP contribution in [0.1, 0.15) is 44.9 Å². The Kier molecular flexibility index (Phi) is 8.01. The van der Waals surface area contributed by atoms with Crippen molar-refractivity contribution in [1.82, 2.24) is 0 Å². The zero-order chi connectivity index (χ0) is 25.9. The van der Waals surface area contributed by atoms with E-state index in [1.165, 1.54) is 37.8 Å². The highest BCUT2D eigenvalue weighted by molar-refractivity contribution is 9.11. The second-order valence-corrected chi connectivity index (χ2v) is 12.3. The molecule has 0 unspecified atom stereocenters. The minimum absolute atomic E-state index is 0.00300. The first-order valence-corrected chi connectivity index (χ1v) is 14.5. The highest BCUT2D eigenvalue weighted by atomic mass is 79.9. The van der Waals surface area contributed by atoms with Gasteiger partial charge in [-0.05, 0) is 90.1 Å². The second-order valence-electron chi connectivity index (χ2n) is 8.39. The molecule has 1 aliphatic heterocycles. The van der Waals surface area contributed by atoms with E-state index in [0.29, 0.717) is 25.5 Å². The van der Waals surface area contributed by atoms with Gasteiger partial charge in [0.05, 0.1) is 21.3 Å². The molecule has 2 heterocycles. The third kappa shape index (κ3) is 5.74. The lowest BCUT2D eigenvalue weighted by Gasteiger charge is -2.29. The monoisotopic (exact) mass is 591 g/mol. The first kappa shape index (κ1) is 26.2. The minimum atomic E-state index is -4.01. The highest BCUT2D eigenvalue weighted by Gasteiger charge is 2.28. The Morgan fingerprint density at radius 3 is 2.39 bits per heavy atom. The van der Waals surface area contributed by atoms with Crippen molar-refractivity contribution in [2.24, 2.45) is 0 Å². The molecule has 11 heteroatoms. The molecule has 8 nitrogen and oxygen atoms in total. The van der Waals surface area contributed by atoms with Gasteiger partial charge in [-0.15, -0.1) is 11.3 Å². The average Bonchev–Trinajstić information content (AvgIpc) is 3.19. The van der Waals surface area contributed by atoms with Crippen LogP contribution in [0.15, 0.2) is 57.2 Å². The SMILES string of the molecule is COC(=O)c1ccc(NS(=O)(=O)c2c(Br)sc(C(=O)Nc3cccc(N4CCCCC4)c3)c2C)cc1. The van der Waals surface area contributed by atoms with Crippen molar-refractivity contribution < 1.29 is 22.7 Å². The Labute approximate surface area is 222 Å². The van der Waals surface area contributed by atoms with E-state index in [9.17, 15) is 18.0 Å². The lowest BCUT2D eigenvalue weighted by atomic mass is 10.1. The fourth-order valence-electron chi connectivity index (χ4n) is 4.11. The minimum Gasteiger partial charge on any atom is -0.465 e.